The molecule has 0 bridgehead atoms. The molecule has 0 saturated heterocycles. The van der Waals surface area contributed by atoms with Gasteiger partial charge in [0.1, 0.15) is 0 Å². The maximum Gasteiger partial charge on any atom is 0.273 e. The highest BCUT2D eigenvalue weighted by atomic mass is 79.9. The number of sulfonamides is 1. The third-order valence-electron chi connectivity index (χ3n) is 3.70. The maximum absolute atomic E-state index is 12.4. The largest absolute Gasteiger partial charge is 0.346 e. The smallest absolute Gasteiger partial charge is 0.273 e. The number of halogens is 1. The van der Waals surface area contributed by atoms with E-state index in [4.69, 9.17) is 0 Å². The van der Waals surface area contributed by atoms with Crippen LogP contribution in [0, 0.1) is 0 Å². The van der Waals surface area contributed by atoms with E-state index in [-0.39, 0.29) is 29.0 Å². The van der Waals surface area contributed by atoms with Gasteiger partial charge in [0.05, 0.1) is 15.1 Å². The summed E-state index contributed by atoms with van der Waals surface area (Å²) in [5.74, 6) is -0.193. The summed E-state index contributed by atoms with van der Waals surface area (Å²) >= 11 is 3.39. The third kappa shape index (κ3) is 4.10. The molecule has 2 aromatic rings. The zero-order valence-electron chi connectivity index (χ0n) is 14.5. The predicted octanol–water partition coefficient (Wildman–Crippen LogP) is 2.48. The van der Waals surface area contributed by atoms with Crippen LogP contribution < -0.4 is 5.32 Å². The van der Waals surface area contributed by atoms with Gasteiger partial charge in [-0.2, -0.15) is 5.10 Å². The summed E-state index contributed by atoms with van der Waals surface area (Å²) in [4.78, 5) is 12.6. The highest BCUT2D eigenvalue weighted by molar-refractivity contribution is 9.10. The van der Waals surface area contributed by atoms with E-state index in [0.29, 0.717) is 10.0 Å². The van der Waals surface area contributed by atoms with Crippen LogP contribution in [0.5, 0.6) is 0 Å². The molecule has 0 atom stereocenters. The summed E-state index contributed by atoms with van der Waals surface area (Å²) in [6.45, 7) is 4.06. The van der Waals surface area contributed by atoms with E-state index in [1.54, 1.807) is 18.2 Å². The number of carbonyl (C=O) groups is 1. The second-order valence-electron chi connectivity index (χ2n) is 6.03. The van der Waals surface area contributed by atoms with Crippen molar-refractivity contribution in [3.63, 3.8) is 0 Å². The highest BCUT2D eigenvalue weighted by Crippen LogP contribution is 2.25. The third-order valence-corrected chi connectivity index (χ3v) is 6.41. The van der Waals surface area contributed by atoms with Crippen LogP contribution in [-0.4, -0.2) is 42.9 Å². The Morgan fingerprint density at radius 2 is 1.96 bits per heavy atom. The van der Waals surface area contributed by atoms with Crippen LogP contribution in [0.3, 0.4) is 0 Å². The van der Waals surface area contributed by atoms with Gasteiger partial charge in [0, 0.05) is 20.6 Å². The minimum Gasteiger partial charge on any atom is -0.346 e. The number of amides is 1. The van der Waals surface area contributed by atoms with Gasteiger partial charge in [-0.1, -0.05) is 32.0 Å². The molecule has 0 saturated carbocycles. The van der Waals surface area contributed by atoms with Crippen LogP contribution in [0.4, 0.5) is 0 Å². The lowest BCUT2D eigenvalue weighted by molar-refractivity contribution is 0.0944. The van der Waals surface area contributed by atoms with E-state index in [9.17, 15) is 13.2 Å². The molecule has 9 heteroatoms. The van der Waals surface area contributed by atoms with Gasteiger partial charge in [0.25, 0.3) is 5.91 Å². The van der Waals surface area contributed by atoms with Gasteiger partial charge < -0.3 is 5.32 Å². The monoisotopic (exact) mass is 428 g/mol. The summed E-state index contributed by atoms with van der Waals surface area (Å²) in [6, 6.07) is 6.59. The lowest BCUT2D eigenvalue weighted by atomic mass is 10.1. The molecule has 1 heterocycles. The van der Waals surface area contributed by atoms with Gasteiger partial charge in [-0.3, -0.25) is 9.89 Å². The van der Waals surface area contributed by atoms with E-state index in [1.165, 1.54) is 20.2 Å². The molecule has 0 radical (unpaired) electrons. The Morgan fingerprint density at radius 3 is 2.52 bits per heavy atom. The Bertz CT molecular complexity index is 875. The first-order chi connectivity index (χ1) is 11.7. The fraction of sp³-hybridized carbons (Fsp3) is 0.375. The number of hydrogen-bond acceptors (Lipinski definition) is 4. The van der Waals surface area contributed by atoms with E-state index in [1.807, 2.05) is 13.8 Å². The average molecular weight is 429 g/mol. The van der Waals surface area contributed by atoms with Gasteiger partial charge in [-0.25, -0.2) is 12.7 Å². The van der Waals surface area contributed by atoms with E-state index < -0.39 is 10.0 Å². The van der Waals surface area contributed by atoms with E-state index >= 15 is 0 Å². The second-order valence-corrected chi connectivity index (χ2v) is 8.95. The molecule has 0 spiro atoms. The zero-order chi connectivity index (χ0) is 18.8. The number of nitrogens with one attached hydrogen (secondary N) is 2. The van der Waals surface area contributed by atoms with Crippen molar-refractivity contribution in [2.24, 2.45) is 0 Å². The summed E-state index contributed by atoms with van der Waals surface area (Å²) < 4.78 is 26.5. The van der Waals surface area contributed by atoms with Crippen molar-refractivity contribution in [3.05, 3.63) is 45.7 Å². The van der Waals surface area contributed by atoms with Gasteiger partial charge >= 0.3 is 0 Å². The average Bonchev–Trinajstić information content (AvgIpc) is 2.94. The first-order valence-corrected chi connectivity index (χ1v) is 9.92. The van der Waals surface area contributed by atoms with Crippen LogP contribution in [0.15, 0.2) is 33.6 Å². The highest BCUT2D eigenvalue weighted by Gasteiger charge is 2.22. The summed E-state index contributed by atoms with van der Waals surface area (Å²) in [7, 11) is -0.642. The van der Waals surface area contributed by atoms with Gasteiger partial charge in [-0.05, 0) is 33.5 Å². The molecular formula is C16H21BrN4O3S. The van der Waals surface area contributed by atoms with Crippen LogP contribution in [0.2, 0.25) is 0 Å². The first kappa shape index (κ1) is 19.6. The number of rotatable bonds is 6. The van der Waals surface area contributed by atoms with E-state index in [0.717, 1.165) is 10.00 Å². The fourth-order valence-electron chi connectivity index (χ4n) is 2.23. The van der Waals surface area contributed by atoms with Crippen LogP contribution in [0.1, 0.15) is 41.5 Å². The Hall–Kier alpha value is -1.71. The summed E-state index contributed by atoms with van der Waals surface area (Å²) in [5.41, 5.74) is 1.60. The Kier molecular flexibility index (Phi) is 6.02. The van der Waals surface area contributed by atoms with Gasteiger partial charge in [0.15, 0.2) is 5.69 Å². The van der Waals surface area contributed by atoms with Crippen LogP contribution in [-0.2, 0) is 16.6 Å². The minimum absolute atomic E-state index is 0.0817. The molecule has 0 fully saturated rings. The Morgan fingerprint density at radius 1 is 1.32 bits per heavy atom. The molecule has 1 aromatic carbocycles. The molecule has 25 heavy (non-hydrogen) atoms. The van der Waals surface area contributed by atoms with Crippen molar-refractivity contribution in [1.82, 2.24) is 19.8 Å². The number of nitrogens with zero attached hydrogens (tertiary/aromatic N) is 2. The first-order valence-electron chi connectivity index (χ1n) is 7.68. The number of aromatic amines is 1. The van der Waals surface area contributed by atoms with Crippen molar-refractivity contribution in [1.29, 1.82) is 0 Å². The summed E-state index contributed by atoms with van der Waals surface area (Å²) in [5, 5.41) is 9.61. The normalized spacial score (nSPS) is 12.0. The SMILES string of the molecule is CC(C)c1[nH]nc(C(=O)NCc2ccccc2S(=O)(=O)N(C)C)c1Br. The van der Waals surface area contributed by atoms with Crippen LogP contribution >= 0.6 is 15.9 Å². The number of H-pyrrole nitrogens is 1. The van der Waals surface area contributed by atoms with Crippen molar-refractivity contribution >= 4 is 31.9 Å². The Balaban J connectivity index is 2.22. The molecule has 1 aromatic heterocycles. The fourth-order valence-corrected chi connectivity index (χ4v) is 4.16. The quantitative estimate of drug-likeness (QED) is 0.738. The molecular weight excluding hydrogens is 408 g/mol. The van der Waals surface area contributed by atoms with Crippen molar-refractivity contribution in [2.45, 2.75) is 31.2 Å². The zero-order valence-corrected chi connectivity index (χ0v) is 16.9. The minimum atomic E-state index is -3.58. The standard InChI is InChI=1S/C16H21BrN4O3S/c1-10(2)14-13(17)15(20-19-14)16(22)18-9-11-7-5-6-8-12(11)25(23,24)21(3)4/h5-8,10H,9H2,1-4H3,(H,18,22)(H,19,20). The maximum atomic E-state index is 12.4. The van der Waals surface area contributed by atoms with E-state index in [2.05, 4.69) is 31.4 Å². The van der Waals surface area contributed by atoms with Crippen molar-refractivity contribution < 1.29 is 13.2 Å². The molecule has 1 amide bonds. The predicted molar refractivity (Wildman–Crippen MR) is 98.9 cm³/mol. The lowest BCUT2D eigenvalue weighted by Gasteiger charge is -2.15. The molecule has 2 N–H and O–H groups in total. The molecule has 7 nitrogen and oxygen atoms in total. The molecule has 0 aliphatic rings. The van der Waals surface area contributed by atoms with Crippen LogP contribution in [0.25, 0.3) is 0 Å². The topological polar surface area (TPSA) is 95.2 Å². The number of hydrogen-bond donors (Lipinski definition) is 2. The van der Waals surface area contributed by atoms with Gasteiger partial charge in [-0.15, -0.1) is 0 Å². The van der Waals surface area contributed by atoms with Gasteiger partial charge in [0.2, 0.25) is 10.0 Å². The molecule has 0 aliphatic carbocycles. The number of carbonyl (C=O) groups excluding carboxylic acids is 1. The van der Waals surface area contributed by atoms with Crippen molar-refractivity contribution in [2.75, 3.05) is 14.1 Å². The Labute approximate surface area is 156 Å². The lowest BCUT2D eigenvalue weighted by Crippen LogP contribution is -2.27. The summed E-state index contributed by atoms with van der Waals surface area (Å²) in [6.07, 6.45) is 0. The second kappa shape index (κ2) is 7.67. The number of benzene rings is 1. The molecule has 0 aliphatic heterocycles. The van der Waals surface area contributed by atoms with Crippen molar-refractivity contribution in [3.8, 4) is 0 Å². The molecule has 0 unspecified atom stereocenters. The molecule has 136 valence electrons. The number of aromatic nitrogens is 2. The molecule has 2 rings (SSSR count).